The van der Waals surface area contributed by atoms with Gasteiger partial charge < -0.3 is 4.90 Å². The molecule has 0 aliphatic carbocycles. The average molecular weight is 485 g/mol. The number of rotatable bonds is 6. The number of hydrogen-bond donors (Lipinski definition) is 1. The summed E-state index contributed by atoms with van der Waals surface area (Å²) < 4.78 is 28.3. The first-order valence-corrected chi connectivity index (χ1v) is 12.4. The van der Waals surface area contributed by atoms with E-state index in [1.807, 2.05) is 42.8 Å². The van der Waals surface area contributed by atoms with E-state index in [0.29, 0.717) is 24.5 Å². The van der Waals surface area contributed by atoms with Gasteiger partial charge in [0.05, 0.1) is 17.1 Å². The van der Waals surface area contributed by atoms with E-state index in [1.165, 1.54) is 13.1 Å². The molecule has 1 aliphatic rings. The van der Waals surface area contributed by atoms with Gasteiger partial charge in [0.1, 0.15) is 0 Å². The number of aromatic nitrogens is 2. The predicted molar refractivity (Wildman–Crippen MR) is 130 cm³/mol. The van der Waals surface area contributed by atoms with Crippen molar-refractivity contribution in [3.05, 3.63) is 81.6 Å². The Kier molecular flexibility index (Phi) is 6.43. The van der Waals surface area contributed by atoms with Crippen molar-refractivity contribution < 1.29 is 13.2 Å². The van der Waals surface area contributed by atoms with Crippen molar-refractivity contribution in [3.8, 4) is 0 Å². The molecular weight excluding hydrogens is 460 g/mol. The molecule has 2 heterocycles. The number of fused-ring (bicyclic) bond motifs is 1. The molecule has 0 saturated carbocycles. The monoisotopic (exact) mass is 484 g/mol. The van der Waals surface area contributed by atoms with Crippen LogP contribution in [0.5, 0.6) is 0 Å². The molecule has 0 bridgehead atoms. The number of nitrogens with zero attached hydrogens (tertiary/aromatic N) is 3. The molecule has 0 atom stereocenters. The minimum absolute atomic E-state index is 0.157. The number of carbonyl (C=O) groups excluding carboxylic acids is 1. The highest BCUT2D eigenvalue weighted by Crippen LogP contribution is 2.30. The molecule has 1 aromatic heterocycles. The third kappa shape index (κ3) is 4.59. The molecule has 172 valence electrons. The number of hydrogen-bond acceptors (Lipinski definition) is 4. The summed E-state index contributed by atoms with van der Waals surface area (Å²) in [6.07, 6.45) is 3.95. The van der Waals surface area contributed by atoms with Crippen LogP contribution in [0.3, 0.4) is 0 Å². The maximum absolute atomic E-state index is 12.9. The van der Waals surface area contributed by atoms with E-state index in [9.17, 15) is 13.2 Å². The highest BCUT2D eigenvalue weighted by atomic mass is 35.5. The standard InChI is InChI=1S/C24H25ClN4O3S/c1-16-21(17(2)29(27-16)15-19-6-4-5-7-22(19)25)9-11-24(30)28-13-12-18-14-20(8-10-23(18)28)33(31,32)26-3/h4-11,14,26H,12-13,15H2,1-3H3/b11-9+. The molecule has 1 aliphatic heterocycles. The molecule has 0 saturated heterocycles. The summed E-state index contributed by atoms with van der Waals surface area (Å²) in [6, 6.07) is 12.5. The Labute approximate surface area is 198 Å². The van der Waals surface area contributed by atoms with Crippen LogP contribution in [0, 0.1) is 13.8 Å². The van der Waals surface area contributed by atoms with Crippen LogP contribution in [0.2, 0.25) is 5.02 Å². The molecule has 33 heavy (non-hydrogen) atoms. The van der Waals surface area contributed by atoms with Gasteiger partial charge in [0.25, 0.3) is 5.91 Å². The Balaban J connectivity index is 1.54. The maximum atomic E-state index is 12.9. The summed E-state index contributed by atoms with van der Waals surface area (Å²) in [5.74, 6) is -0.157. The Hall–Kier alpha value is -2.94. The summed E-state index contributed by atoms with van der Waals surface area (Å²) in [6.45, 7) is 4.93. The molecule has 7 nitrogen and oxygen atoms in total. The van der Waals surface area contributed by atoms with Crippen molar-refractivity contribution in [1.29, 1.82) is 0 Å². The summed E-state index contributed by atoms with van der Waals surface area (Å²) in [4.78, 5) is 14.8. The first-order valence-electron chi connectivity index (χ1n) is 10.5. The van der Waals surface area contributed by atoms with E-state index >= 15 is 0 Å². The van der Waals surface area contributed by atoms with Crippen LogP contribution in [0.25, 0.3) is 6.08 Å². The second-order valence-electron chi connectivity index (χ2n) is 7.90. The lowest BCUT2D eigenvalue weighted by Crippen LogP contribution is -2.26. The Morgan fingerprint density at radius 1 is 1.21 bits per heavy atom. The number of aryl methyl sites for hydroxylation is 1. The number of amides is 1. The Morgan fingerprint density at radius 2 is 1.97 bits per heavy atom. The number of halogens is 1. The molecule has 2 aromatic carbocycles. The first-order chi connectivity index (χ1) is 15.7. The first kappa shape index (κ1) is 23.2. The van der Waals surface area contributed by atoms with E-state index in [-0.39, 0.29) is 10.8 Å². The molecule has 1 N–H and O–H groups in total. The minimum Gasteiger partial charge on any atom is -0.308 e. The molecule has 0 unspecified atom stereocenters. The lowest BCUT2D eigenvalue weighted by Gasteiger charge is -2.15. The van der Waals surface area contributed by atoms with E-state index in [4.69, 9.17) is 11.6 Å². The van der Waals surface area contributed by atoms with Gasteiger partial charge in [-0.1, -0.05) is 29.8 Å². The van der Waals surface area contributed by atoms with E-state index in [1.54, 1.807) is 29.2 Å². The average Bonchev–Trinajstić information content (AvgIpc) is 3.34. The highest BCUT2D eigenvalue weighted by Gasteiger charge is 2.25. The van der Waals surface area contributed by atoms with Crippen molar-refractivity contribution in [1.82, 2.24) is 14.5 Å². The van der Waals surface area contributed by atoms with Crippen LogP contribution in [0.4, 0.5) is 5.69 Å². The van der Waals surface area contributed by atoms with Gasteiger partial charge in [0.2, 0.25) is 10.0 Å². The SMILES string of the molecule is CNS(=O)(=O)c1ccc2c(c1)CCN2C(=O)/C=C/c1c(C)nn(Cc2ccccc2Cl)c1C. The third-order valence-electron chi connectivity index (χ3n) is 5.90. The smallest absolute Gasteiger partial charge is 0.251 e. The summed E-state index contributed by atoms with van der Waals surface area (Å²) >= 11 is 6.29. The zero-order valence-electron chi connectivity index (χ0n) is 18.7. The number of benzene rings is 2. The number of carbonyl (C=O) groups is 1. The zero-order chi connectivity index (χ0) is 23.8. The van der Waals surface area contributed by atoms with Crippen LogP contribution >= 0.6 is 11.6 Å². The van der Waals surface area contributed by atoms with E-state index in [2.05, 4.69) is 9.82 Å². The predicted octanol–water partition coefficient (Wildman–Crippen LogP) is 3.71. The van der Waals surface area contributed by atoms with Gasteiger partial charge in [-0.15, -0.1) is 0 Å². The lowest BCUT2D eigenvalue weighted by molar-refractivity contribution is -0.114. The minimum atomic E-state index is -3.52. The zero-order valence-corrected chi connectivity index (χ0v) is 20.2. The van der Waals surface area contributed by atoms with Gasteiger partial charge >= 0.3 is 0 Å². The topological polar surface area (TPSA) is 84.3 Å². The fourth-order valence-electron chi connectivity index (χ4n) is 4.03. The molecule has 0 radical (unpaired) electrons. The van der Waals surface area contributed by atoms with Gasteiger partial charge in [-0.25, -0.2) is 13.1 Å². The Bertz CT molecular complexity index is 1360. The van der Waals surface area contributed by atoms with Gasteiger partial charge in [-0.2, -0.15) is 5.10 Å². The van der Waals surface area contributed by atoms with Gasteiger partial charge in [0, 0.05) is 34.6 Å². The van der Waals surface area contributed by atoms with Crippen molar-refractivity contribution >= 4 is 39.3 Å². The van der Waals surface area contributed by atoms with Crippen molar-refractivity contribution in [2.45, 2.75) is 31.7 Å². The fourth-order valence-corrected chi connectivity index (χ4v) is 5.01. The van der Waals surface area contributed by atoms with Crippen molar-refractivity contribution in [2.24, 2.45) is 0 Å². The second-order valence-corrected chi connectivity index (χ2v) is 10.2. The van der Waals surface area contributed by atoms with Crippen molar-refractivity contribution in [3.63, 3.8) is 0 Å². The van der Waals surface area contributed by atoms with Gasteiger partial charge in [-0.3, -0.25) is 9.48 Å². The lowest BCUT2D eigenvalue weighted by atomic mass is 10.1. The van der Waals surface area contributed by atoms with Gasteiger partial charge in [0.15, 0.2) is 0 Å². The third-order valence-corrected chi connectivity index (χ3v) is 7.68. The molecule has 0 fully saturated rings. The van der Waals surface area contributed by atoms with Crippen molar-refractivity contribution in [2.75, 3.05) is 18.5 Å². The highest BCUT2D eigenvalue weighted by molar-refractivity contribution is 7.89. The largest absolute Gasteiger partial charge is 0.308 e. The Morgan fingerprint density at radius 3 is 2.70 bits per heavy atom. The van der Waals surface area contributed by atoms with E-state index < -0.39 is 10.0 Å². The van der Waals surface area contributed by atoms with Crippen LogP contribution in [0.15, 0.2) is 53.4 Å². The molecule has 1 amide bonds. The summed E-state index contributed by atoms with van der Waals surface area (Å²) in [5.41, 5.74) is 5.22. The van der Waals surface area contributed by atoms with Gasteiger partial charge in [-0.05, 0) is 68.8 Å². The van der Waals surface area contributed by atoms with Crippen LogP contribution in [-0.2, 0) is 27.8 Å². The fraction of sp³-hybridized carbons (Fsp3) is 0.250. The second kappa shape index (κ2) is 9.13. The quantitative estimate of drug-likeness (QED) is 0.540. The number of nitrogens with one attached hydrogen (secondary N) is 1. The van der Waals surface area contributed by atoms with Crippen LogP contribution < -0.4 is 9.62 Å². The maximum Gasteiger partial charge on any atom is 0.251 e. The molecule has 0 spiro atoms. The van der Waals surface area contributed by atoms with E-state index in [0.717, 1.165) is 33.8 Å². The molecule has 4 rings (SSSR count). The molecule has 3 aromatic rings. The summed E-state index contributed by atoms with van der Waals surface area (Å²) in [5, 5.41) is 5.31. The molecular formula is C24H25ClN4O3S. The molecule has 9 heteroatoms. The normalized spacial score (nSPS) is 13.6. The number of sulfonamides is 1. The summed E-state index contributed by atoms with van der Waals surface area (Å²) in [7, 11) is -2.14. The van der Waals surface area contributed by atoms with Crippen LogP contribution in [0.1, 0.15) is 28.1 Å². The number of anilines is 1. The van der Waals surface area contributed by atoms with Crippen LogP contribution in [-0.4, -0.2) is 37.7 Å².